The van der Waals surface area contributed by atoms with Gasteiger partial charge in [-0.3, -0.25) is 4.98 Å². The van der Waals surface area contributed by atoms with Crippen molar-refractivity contribution in [1.29, 1.82) is 0 Å². The summed E-state index contributed by atoms with van der Waals surface area (Å²) in [4.78, 5) is 7.90. The van der Waals surface area contributed by atoms with Gasteiger partial charge < -0.3 is 4.90 Å². The largest absolute Gasteiger partial charge is 0.303 e. The molecule has 4 heteroatoms. The molecule has 0 saturated carbocycles. The number of piperidine rings is 1. The Bertz CT molecular complexity index is 565. The summed E-state index contributed by atoms with van der Waals surface area (Å²) in [7, 11) is 0. The van der Waals surface area contributed by atoms with Crippen LogP contribution in [0.25, 0.3) is 0 Å². The molecule has 116 valence electrons. The van der Waals surface area contributed by atoms with Gasteiger partial charge in [-0.1, -0.05) is 12.1 Å². The van der Waals surface area contributed by atoms with Gasteiger partial charge in [0.1, 0.15) is 5.82 Å². The van der Waals surface area contributed by atoms with Crippen LogP contribution in [0.3, 0.4) is 0 Å². The van der Waals surface area contributed by atoms with Crippen molar-refractivity contribution < 1.29 is 4.39 Å². The summed E-state index contributed by atoms with van der Waals surface area (Å²) in [6.07, 6.45) is 7.19. The van der Waals surface area contributed by atoms with Gasteiger partial charge in [-0.05, 0) is 62.2 Å². The van der Waals surface area contributed by atoms with E-state index in [0.29, 0.717) is 5.25 Å². The van der Waals surface area contributed by atoms with Crippen LogP contribution in [0.1, 0.15) is 18.4 Å². The first-order valence-electron chi connectivity index (χ1n) is 7.83. The van der Waals surface area contributed by atoms with Gasteiger partial charge >= 0.3 is 0 Å². The zero-order chi connectivity index (χ0) is 15.2. The van der Waals surface area contributed by atoms with Crippen LogP contribution in [0, 0.1) is 5.82 Å². The third-order valence-electron chi connectivity index (χ3n) is 4.12. The molecule has 3 rings (SSSR count). The maximum absolute atomic E-state index is 12.9. The predicted molar refractivity (Wildman–Crippen MR) is 89.7 cm³/mol. The van der Waals surface area contributed by atoms with Crippen LogP contribution < -0.4 is 0 Å². The zero-order valence-electron chi connectivity index (χ0n) is 12.6. The minimum Gasteiger partial charge on any atom is -0.303 e. The van der Waals surface area contributed by atoms with E-state index >= 15 is 0 Å². The van der Waals surface area contributed by atoms with Crippen molar-refractivity contribution in [2.45, 2.75) is 29.4 Å². The molecule has 0 aliphatic carbocycles. The van der Waals surface area contributed by atoms with Crippen LogP contribution in [0.4, 0.5) is 4.39 Å². The number of benzene rings is 1. The van der Waals surface area contributed by atoms with Crippen LogP contribution >= 0.6 is 11.8 Å². The molecule has 0 spiro atoms. The third-order valence-corrected chi connectivity index (χ3v) is 5.47. The van der Waals surface area contributed by atoms with Crippen LogP contribution in [-0.4, -0.2) is 34.8 Å². The summed E-state index contributed by atoms with van der Waals surface area (Å²) in [6.45, 7) is 3.38. The molecule has 1 aliphatic heterocycles. The maximum atomic E-state index is 12.9. The maximum Gasteiger partial charge on any atom is 0.123 e. The smallest absolute Gasteiger partial charge is 0.123 e. The lowest BCUT2D eigenvalue weighted by atomic mass is 10.1. The fraction of sp³-hybridized carbons (Fsp3) is 0.389. The number of aromatic nitrogens is 1. The van der Waals surface area contributed by atoms with Crippen molar-refractivity contribution in [1.82, 2.24) is 9.88 Å². The second-order valence-electron chi connectivity index (χ2n) is 5.72. The van der Waals surface area contributed by atoms with Crippen molar-refractivity contribution in [2.24, 2.45) is 0 Å². The average Bonchev–Trinajstić information content (AvgIpc) is 2.57. The number of pyridine rings is 1. The molecule has 0 amide bonds. The Morgan fingerprint density at radius 3 is 2.41 bits per heavy atom. The Kier molecular flexibility index (Phi) is 5.46. The van der Waals surface area contributed by atoms with Gasteiger partial charge in [0, 0.05) is 29.1 Å². The van der Waals surface area contributed by atoms with Gasteiger partial charge in [0.05, 0.1) is 0 Å². The van der Waals surface area contributed by atoms with Gasteiger partial charge in [0.25, 0.3) is 0 Å². The van der Waals surface area contributed by atoms with Gasteiger partial charge in [-0.25, -0.2) is 4.39 Å². The van der Waals surface area contributed by atoms with E-state index in [1.54, 1.807) is 12.1 Å². The van der Waals surface area contributed by atoms with E-state index in [9.17, 15) is 4.39 Å². The molecule has 2 aromatic rings. The van der Waals surface area contributed by atoms with E-state index in [4.69, 9.17) is 0 Å². The van der Waals surface area contributed by atoms with Crippen LogP contribution in [0.15, 0.2) is 53.7 Å². The molecule has 1 fully saturated rings. The van der Waals surface area contributed by atoms with Crippen molar-refractivity contribution >= 4 is 11.8 Å². The molecule has 0 unspecified atom stereocenters. The zero-order valence-corrected chi connectivity index (χ0v) is 13.4. The number of rotatable bonds is 5. The quantitative estimate of drug-likeness (QED) is 0.829. The van der Waals surface area contributed by atoms with Crippen molar-refractivity contribution in [3.63, 3.8) is 0 Å². The Balaban J connectivity index is 1.41. The standard InChI is InChI=1S/C18H21FN2S/c19-16-3-1-15(2-4-16)7-12-21-13-8-18(9-14-21)22-17-5-10-20-11-6-17/h1-6,10-11,18H,7-9,12-14H2. The van der Waals surface area contributed by atoms with E-state index in [-0.39, 0.29) is 5.82 Å². The molecular weight excluding hydrogens is 295 g/mol. The second kappa shape index (κ2) is 7.75. The molecule has 22 heavy (non-hydrogen) atoms. The molecule has 0 atom stereocenters. The topological polar surface area (TPSA) is 16.1 Å². The normalized spacial score (nSPS) is 16.8. The molecule has 0 radical (unpaired) electrons. The summed E-state index contributed by atoms with van der Waals surface area (Å²) in [5, 5.41) is 0.712. The average molecular weight is 316 g/mol. The molecule has 2 heterocycles. The van der Waals surface area contributed by atoms with Gasteiger partial charge in [0.15, 0.2) is 0 Å². The second-order valence-corrected chi connectivity index (χ2v) is 7.09. The van der Waals surface area contributed by atoms with Gasteiger partial charge in [-0.15, -0.1) is 11.8 Å². The van der Waals surface area contributed by atoms with Crippen molar-refractivity contribution in [2.75, 3.05) is 19.6 Å². The molecule has 2 nitrogen and oxygen atoms in total. The number of hydrogen-bond acceptors (Lipinski definition) is 3. The number of nitrogens with zero attached hydrogens (tertiary/aromatic N) is 2. The lowest BCUT2D eigenvalue weighted by molar-refractivity contribution is 0.235. The highest BCUT2D eigenvalue weighted by Crippen LogP contribution is 2.29. The minimum atomic E-state index is -0.155. The van der Waals surface area contributed by atoms with E-state index in [2.05, 4.69) is 22.0 Å². The fourth-order valence-electron chi connectivity index (χ4n) is 2.80. The summed E-state index contributed by atoms with van der Waals surface area (Å²) in [5.74, 6) is -0.155. The molecule has 1 aliphatic rings. The predicted octanol–water partition coefficient (Wildman–Crippen LogP) is 4.02. The summed E-state index contributed by atoms with van der Waals surface area (Å²) < 4.78 is 12.9. The summed E-state index contributed by atoms with van der Waals surface area (Å²) in [6, 6.07) is 11.1. The highest BCUT2D eigenvalue weighted by atomic mass is 32.2. The molecule has 0 N–H and O–H groups in total. The Morgan fingerprint density at radius 2 is 1.73 bits per heavy atom. The third kappa shape index (κ3) is 4.55. The molecule has 1 aromatic heterocycles. The molecule has 0 bridgehead atoms. The summed E-state index contributed by atoms with van der Waals surface area (Å²) >= 11 is 1.97. The molecule has 1 saturated heterocycles. The summed E-state index contributed by atoms with van der Waals surface area (Å²) in [5.41, 5.74) is 1.22. The lowest BCUT2D eigenvalue weighted by Crippen LogP contribution is -2.36. The number of hydrogen-bond donors (Lipinski definition) is 0. The highest BCUT2D eigenvalue weighted by molar-refractivity contribution is 8.00. The van der Waals surface area contributed by atoms with Crippen molar-refractivity contribution in [3.8, 4) is 0 Å². The highest BCUT2D eigenvalue weighted by Gasteiger charge is 2.19. The molecule has 1 aromatic carbocycles. The van der Waals surface area contributed by atoms with E-state index in [1.807, 2.05) is 36.3 Å². The Labute approximate surface area is 135 Å². The van der Waals surface area contributed by atoms with E-state index in [0.717, 1.165) is 26.1 Å². The van der Waals surface area contributed by atoms with Crippen LogP contribution in [0.5, 0.6) is 0 Å². The fourth-order valence-corrected chi connectivity index (χ4v) is 3.91. The van der Waals surface area contributed by atoms with Gasteiger partial charge in [0.2, 0.25) is 0 Å². The van der Waals surface area contributed by atoms with Crippen molar-refractivity contribution in [3.05, 3.63) is 60.2 Å². The lowest BCUT2D eigenvalue weighted by Gasteiger charge is -2.31. The number of thioether (sulfide) groups is 1. The Hall–Kier alpha value is -1.39. The first kappa shape index (κ1) is 15.5. The minimum absolute atomic E-state index is 0.155. The van der Waals surface area contributed by atoms with Crippen LogP contribution in [0.2, 0.25) is 0 Å². The Morgan fingerprint density at radius 1 is 1.05 bits per heavy atom. The first-order chi connectivity index (χ1) is 10.8. The van der Waals surface area contributed by atoms with Gasteiger partial charge in [-0.2, -0.15) is 0 Å². The number of likely N-dealkylation sites (tertiary alicyclic amines) is 1. The monoisotopic (exact) mass is 316 g/mol. The van der Waals surface area contributed by atoms with Crippen LogP contribution in [-0.2, 0) is 6.42 Å². The van der Waals surface area contributed by atoms with E-state index in [1.165, 1.54) is 23.3 Å². The first-order valence-corrected chi connectivity index (χ1v) is 8.71. The SMILES string of the molecule is Fc1ccc(CCN2CCC(Sc3ccncc3)CC2)cc1. The molecular formula is C18H21FN2S. The van der Waals surface area contributed by atoms with E-state index < -0.39 is 0 Å². The number of halogens is 1.